The Morgan fingerprint density at radius 3 is 1.70 bits per heavy atom. The molecule has 0 fully saturated rings. The van der Waals surface area contributed by atoms with Crippen molar-refractivity contribution < 1.29 is 18.6 Å². The molecule has 0 atom stereocenters. The summed E-state index contributed by atoms with van der Waals surface area (Å²) in [4.78, 5) is 27.1. The van der Waals surface area contributed by atoms with Crippen LogP contribution in [0.3, 0.4) is 0 Å². The van der Waals surface area contributed by atoms with Gasteiger partial charge in [0.1, 0.15) is 34.9 Å². The van der Waals surface area contributed by atoms with Gasteiger partial charge in [-0.3, -0.25) is 9.13 Å². The van der Waals surface area contributed by atoms with Gasteiger partial charge in [0, 0.05) is 48.5 Å². The molecule has 0 aliphatic carbocycles. The van der Waals surface area contributed by atoms with Gasteiger partial charge in [0.05, 0.1) is 29.2 Å². The number of benzene rings is 4. The Bertz CT molecular complexity index is 2710. The highest BCUT2D eigenvalue weighted by Crippen LogP contribution is 2.35. The second kappa shape index (κ2) is 15.1. The molecule has 8 aromatic rings. The van der Waals surface area contributed by atoms with E-state index in [1.165, 1.54) is 19.2 Å². The number of imidazole rings is 2. The predicted molar refractivity (Wildman–Crippen MR) is 213 cm³/mol. The van der Waals surface area contributed by atoms with Crippen LogP contribution in [-0.4, -0.2) is 52.9 Å². The number of anilines is 6. The fraction of sp³-hybridized carbons (Fsp3) is 0.150. The zero-order chi connectivity index (χ0) is 38.8. The number of ether oxygens (including phenoxy) is 3. The number of hydrogen-bond acceptors (Lipinski definition) is 13. The van der Waals surface area contributed by atoms with Crippen molar-refractivity contribution in [2.75, 3.05) is 36.0 Å². The standard InChI is InChI=1S/C20H19FN6O.C20H18N6O2/c1-3-18-24-14-6-4-5-7-15(14)27(18)19-11-17(22)25-20(26-19)23-12-8-9-16(28-2)13(21)10-12;1-2-18-23-13-5-3-4-6-14(13)26(18)19-10-17(21)24-20(25-19)22-12-7-8-15-16(9-12)28-11-27-15/h4-11H,3H2,1-2H3,(H3,22,23,25,26);3-10H,2,11H2,1H3,(H3,21,22,24,25). The third-order valence-electron chi connectivity index (χ3n) is 8.85. The number of hydrogen-bond donors (Lipinski definition) is 4. The van der Waals surface area contributed by atoms with Crippen molar-refractivity contribution in [2.24, 2.45) is 0 Å². The van der Waals surface area contributed by atoms with E-state index in [1.54, 1.807) is 18.2 Å². The van der Waals surface area contributed by atoms with E-state index < -0.39 is 5.82 Å². The Morgan fingerprint density at radius 2 is 1.16 bits per heavy atom. The molecular weight excluding hydrogens is 716 g/mol. The van der Waals surface area contributed by atoms with Crippen LogP contribution < -0.4 is 36.3 Å². The van der Waals surface area contributed by atoms with Crippen LogP contribution in [-0.2, 0) is 12.8 Å². The van der Waals surface area contributed by atoms with Crippen LogP contribution >= 0.6 is 0 Å². The smallest absolute Gasteiger partial charge is 0.231 e. The quantitative estimate of drug-likeness (QED) is 0.115. The summed E-state index contributed by atoms with van der Waals surface area (Å²) in [5.74, 6) is 5.44. The monoisotopic (exact) mass is 752 g/mol. The number of aromatic nitrogens is 8. The first-order valence-corrected chi connectivity index (χ1v) is 17.8. The Kier molecular flexibility index (Phi) is 9.58. The third-order valence-corrected chi connectivity index (χ3v) is 8.85. The van der Waals surface area contributed by atoms with E-state index >= 15 is 0 Å². The van der Waals surface area contributed by atoms with Crippen LogP contribution in [0.2, 0.25) is 0 Å². The maximum atomic E-state index is 14.0. The Hall–Kier alpha value is -7.49. The van der Waals surface area contributed by atoms with Crippen molar-refractivity contribution in [3.05, 3.63) is 115 Å². The molecule has 0 saturated heterocycles. The first-order valence-electron chi connectivity index (χ1n) is 17.8. The van der Waals surface area contributed by atoms with Gasteiger partial charge in [-0.1, -0.05) is 38.1 Å². The van der Waals surface area contributed by atoms with Gasteiger partial charge >= 0.3 is 0 Å². The number of halogens is 1. The summed E-state index contributed by atoms with van der Waals surface area (Å²) >= 11 is 0. The molecule has 282 valence electrons. The molecule has 15 nitrogen and oxygen atoms in total. The maximum Gasteiger partial charge on any atom is 0.231 e. The lowest BCUT2D eigenvalue weighted by Crippen LogP contribution is -2.08. The Morgan fingerprint density at radius 1 is 0.643 bits per heavy atom. The zero-order valence-corrected chi connectivity index (χ0v) is 30.7. The first-order chi connectivity index (χ1) is 27.3. The van der Waals surface area contributed by atoms with E-state index in [0.29, 0.717) is 40.7 Å². The molecule has 0 spiro atoms. The summed E-state index contributed by atoms with van der Waals surface area (Å²) < 4.78 is 33.6. The van der Waals surface area contributed by atoms with Gasteiger partial charge in [-0.25, -0.2) is 14.4 Å². The number of nitrogen functional groups attached to an aromatic ring is 2. The van der Waals surface area contributed by atoms with Crippen LogP contribution in [0.5, 0.6) is 17.2 Å². The summed E-state index contributed by atoms with van der Waals surface area (Å²) in [6.07, 6.45) is 1.49. The van der Waals surface area contributed by atoms with Gasteiger partial charge in [-0.05, 0) is 48.5 Å². The lowest BCUT2D eigenvalue weighted by atomic mass is 10.3. The molecule has 9 rings (SSSR count). The lowest BCUT2D eigenvalue weighted by Gasteiger charge is -2.11. The highest BCUT2D eigenvalue weighted by atomic mass is 19.1. The molecule has 1 aliphatic rings. The molecule has 5 heterocycles. The van der Waals surface area contributed by atoms with Crippen molar-refractivity contribution in [3.63, 3.8) is 0 Å². The normalized spacial score (nSPS) is 11.7. The number of nitrogens with one attached hydrogen (secondary N) is 2. The fourth-order valence-corrected chi connectivity index (χ4v) is 6.36. The minimum atomic E-state index is -0.481. The van der Waals surface area contributed by atoms with E-state index in [0.717, 1.165) is 58.0 Å². The molecule has 4 aromatic carbocycles. The molecule has 16 heteroatoms. The van der Waals surface area contributed by atoms with Crippen molar-refractivity contribution in [1.29, 1.82) is 0 Å². The van der Waals surface area contributed by atoms with Crippen molar-refractivity contribution in [3.8, 4) is 28.9 Å². The lowest BCUT2D eigenvalue weighted by molar-refractivity contribution is 0.174. The van der Waals surface area contributed by atoms with Gasteiger partial charge in [-0.15, -0.1) is 0 Å². The van der Waals surface area contributed by atoms with Crippen molar-refractivity contribution in [2.45, 2.75) is 26.7 Å². The van der Waals surface area contributed by atoms with Gasteiger partial charge in [0.25, 0.3) is 0 Å². The van der Waals surface area contributed by atoms with Gasteiger partial charge in [0.15, 0.2) is 23.1 Å². The molecular formula is C40H37FN12O3. The minimum Gasteiger partial charge on any atom is -0.494 e. The number of aryl methyl sites for hydroxylation is 2. The molecule has 0 bridgehead atoms. The van der Waals surface area contributed by atoms with E-state index in [-0.39, 0.29) is 18.5 Å². The van der Waals surface area contributed by atoms with Crippen molar-refractivity contribution >= 4 is 57.0 Å². The number of nitrogens with zero attached hydrogens (tertiary/aromatic N) is 8. The van der Waals surface area contributed by atoms with E-state index in [2.05, 4.69) is 42.5 Å². The molecule has 0 amide bonds. The molecule has 0 unspecified atom stereocenters. The van der Waals surface area contributed by atoms with Gasteiger partial charge in [0.2, 0.25) is 18.7 Å². The van der Waals surface area contributed by atoms with Crippen LogP contribution in [0, 0.1) is 5.82 Å². The number of rotatable bonds is 9. The SMILES string of the molecule is CCc1nc2ccccc2n1-c1cc(N)nc(Nc2ccc(OC)c(F)c2)n1.CCc1nc2ccccc2n1-c1cc(N)nc(Nc2ccc3c(c2)OCO3)n1. The van der Waals surface area contributed by atoms with Gasteiger partial charge in [-0.2, -0.15) is 19.9 Å². The summed E-state index contributed by atoms with van der Waals surface area (Å²) in [7, 11) is 1.42. The molecule has 56 heavy (non-hydrogen) atoms. The van der Waals surface area contributed by atoms with Crippen LogP contribution in [0.1, 0.15) is 25.5 Å². The second-order valence-corrected chi connectivity index (χ2v) is 12.5. The average molecular weight is 753 g/mol. The van der Waals surface area contributed by atoms with E-state index in [4.69, 9.17) is 30.7 Å². The van der Waals surface area contributed by atoms with Crippen molar-refractivity contribution in [1.82, 2.24) is 39.0 Å². The molecule has 0 saturated carbocycles. The minimum absolute atomic E-state index is 0.164. The summed E-state index contributed by atoms with van der Waals surface area (Å²) in [5.41, 5.74) is 17.1. The Labute approximate surface area is 320 Å². The van der Waals surface area contributed by atoms with E-state index in [9.17, 15) is 4.39 Å². The molecule has 1 aliphatic heterocycles. The van der Waals surface area contributed by atoms with E-state index in [1.807, 2.05) is 82.8 Å². The number of fused-ring (bicyclic) bond motifs is 3. The van der Waals surface area contributed by atoms with Crippen LogP contribution in [0.25, 0.3) is 33.7 Å². The average Bonchev–Trinajstić information content (AvgIpc) is 3.93. The molecule has 0 radical (unpaired) electrons. The highest BCUT2D eigenvalue weighted by molar-refractivity contribution is 5.79. The highest BCUT2D eigenvalue weighted by Gasteiger charge is 2.17. The van der Waals surface area contributed by atoms with Gasteiger partial charge < -0.3 is 36.3 Å². The largest absolute Gasteiger partial charge is 0.494 e. The summed E-state index contributed by atoms with van der Waals surface area (Å²) in [6, 6.07) is 29.3. The maximum absolute atomic E-state index is 14.0. The first kappa shape index (κ1) is 35.5. The van der Waals surface area contributed by atoms with Crippen LogP contribution in [0.4, 0.5) is 39.3 Å². The number of methoxy groups -OCH3 is 1. The third kappa shape index (κ3) is 7.10. The van der Waals surface area contributed by atoms with Crippen LogP contribution in [0.15, 0.2) is 97.1 Å². The predicted octanol–water partition coefficient (Wildman–Crippen LogP) is 7.28. The zero-order valence-electron chi connectivity index (χ0n) is 30.7. The summed E-state index contributed by atoms with van der Waals surface area (Å²) in [5, 5.41) is 6.18. The molecule has 6 N–H and O–H groups in total. The molecule has 4 aromatic heterocycles. The second-order valence-electron chi connectivity index (χ2n) is 12.5. The fourth-order valence-electron chi connectivity index (χ4n) is 6.36. The Balaban J connectivity index is 0.000000157. The number of para-hydroxylation sites is 4. The summed E-state index contributed by atoms with van der Waals surface area (Å²) in [6.45, 7) is 4.32. The topological polar surface area (TPSA) is 191 Å². The number of nitrogens with two attached hydrogens (primary N) is 2.